The molecule has 76 valence electrons. The third-order valence-electron chi connectivity index (χ3n) is 1.85. The van der Waals surface area contributed by atoms with Crippen molar-refractivity contribution in [1.82, 2.24) is 9.97 Å². The van der Waals surface area contributed by atoms with Crippen LogP contribution in [0.3, 0.4) is 0 Å². The van der Waals surface area contributed by atoms with Gasteiger partial charge in [0.1, 0.15) is 17.2 Å². The van der Waals surface area contributed by atoms with Crippen LogP contribution in [0, 0.1) is 0 Å². The molecule has 3 N–H and O–H groups in total. The Kier molecular flexibility index (Phi) is 3.39. The maximum Gasteiger partial charge on any atom is 0.341 e. The molecule has 0 aliphatic carbocycles. The van der Waals surface area contributed by atoms with Gasteiger partial charge in [0.05, 0.1) is 0 Å². The lowest BCUT2D eigenvalue weighted by atomic mass is 10.2. The summed E-state index contributed by atoms with van der Waals surface area (Å²) in [7, 11) is 0. The molecule has 0 aliphatic rings. The second kappa shape index (κ2) is 4.55. The summed E-state index contributed by atoms with van der Waals surface area (Å²) in [5.41, 5.74) is 5.43. The van der Waals surface area contributed by atoms with Crippen LogP contribution in [0.4, 0.5) is 5.82 Å². The van der Waals surface area contributed by atoms with Crippen molar-refractivity contribution >= 4 is 11.8 Å². The molecule has 0 amide bonds. The SMILES string of the molecule is CCCCc1ncc(C(=O)O)c(N)n1. The number of rotatable bonds is 4. The highest BCUT2D eigenvalue weighted by atomic mass is 16.4. The molecular weight excluding hydrogens is 182 g/mol. The Morgan fingerprint density at radius 2 is 2.36 bits per heavy atom. The third-order valence-corrected chi connectivity index (χ3v) is 1.85. The summed E-state index contributed by atoms with van der Waals surface area (Å²) in [6, 6.07) is 0. The van der Waals surface area contributed by atoms with E-state index in [4.69, 9.17) is 10.8 Å². The lowest BCUT2D eigenvalue weighted by molar-refractivity contribution is 0.0697. The minimum atomic E-state index is -1.09. The van der Waals surface area contributed by atoms with Crippen LogP contribution in [0.15, 0.2) is 6.20 Å². The summed E-state index contributed by atoms with van der Waals surface area (Å²) in [5.74, 6) is -0.447. The first kappa shape index (κ1) is 10.4. The third kappa shape index (κ3) is 2.42. The Balaban J connectivity index is 2.83. The molecule has 0 saturated heterocycles. The molecule has 0 saturated carbocycles. The molecule has 1 aromatic heterocycles. The van der Waals surface area contributed by atoms with Crippen LogP contribution in [0.1, 0.15) is 35.9 Å². The predicted molar refractivity (Wildman–Crippen MR) is 52.0 cm³/mol. The number of nitrogen functional groups attached to an aromatic ring is 1. The molecule has 5 nitrogen and oxygen atoms in total. The van der Waals surface area contributed by atoms with E-state index < -0.39 is 5.97 Å². The van der Waals surface area contributed by atoms with Gasteiger partial charge in [-0.15, -0.1) is 0 Å². The van der Waals surface area contributed by atoms with Crippen LogP contribution >= 0.6 is 0 Å². The van der Waals surface area contributed by atoms with Crippen molar-refractivity contribution in [2.24, 2.45) is 0 Å². The van der Waals surface area contributed by atoms with Crippen molar-refractivity contribution < 1.29 is 9.90 Å². The van der Waals surface area contributed by atoms with E-state index in [0.29, 0.717) is 5.82 Å². The summed E-state index contributed by atoms with van der Waals surface area (Å²) in [4.78, 5) is 18.4. The number of aromatic carboxylic acids is 1. The predicted octanol–water partition coefficient (Wildman–Crippen LogP) is 1.10. The molecule has 0 aliphatic heterocycles. The van der Waals surface area contributed by atoms with Crippen LogP contribution in [0.25, 0.3) is 0 Å². The fourth-order valence-electron chi connectivity index (χ4n) is 1.05. The van der Waals surface area contributed by atoms with E-state index in [1.807, 2.05) is 0 Å². The van der Waals surface area contributed by atoms with Gasteiger partial charge in [-0.05, 0) is 6.42 Å². The first-order valence-electron chi connectivity index (χ1n) is 4.49. The summed E-state index contributed by atoms with van der Waals surface area (Å²) in [5, 5.41) is 8.67. The Labute approximate surface area is 82.0 Å². The van der Waals surface area contributed by atoms with Gasteiger partial charge in [0.15, 0.2) is 0 Å². The highest BCUT2D eigenvalue weighted by Gasteiger charge is 2.10. The monoisotopic (exact) mass is 195 g/mol. The standard InChI is InChI=1S/C9H13N3O2/c1-2-3-4-7-11-5-6(9(13)14)8(10)12-7/h5H,2-4H2,1H3,(H,13,14)(H2,10,11,12). The fraction of sp³-hybridized carbons (Fsp3) is 0.444. The number of aryl methyl sites for hydroxylation is 1. The van der Waals surface area contributed by atoms with Gasteiger partial charge < -0.3 is 10.8 Å². The zero-order valence-electron chi connectivity index (χ0n) is 8.03. The van der Waals surface area contributed by atoms with Gasteiger partial charge in [-0.1, -0.05) is 13.3 Å². The molecule has 0 fully saturated rings. The number of carboxylic acids is 1. The Morgan fingerprint density at radius 1 is 1.64 bits per heavy atom. The molecule has 0 aromatic carbocycles. The van der Waals surface area contributed by atoms with Crippen LogP contribution in [0.5, 0.6) is 0 Å². The molecular formula is C9H13N3O2. The van der Waals surface area contributed by atoms with Gasteiger partial charge in [-0.25, -0.2) is 14.8 Å². The van der Waals surface area contributed by atoms with Crippen molar-refractivity contribution in [1.29, 1.82) is 0 Å². The van der Waals surface area contributed by atoms with Crippen molar-refractivity contribution in [3.8, 4) is 0 Å². The van der Waals surface area contributed by atoms with Crippen LogP contribution in [0.2, 0.25) is 0 Å². The minimum Gasteiger partial charge on any atom is -0.477 e. The lowest BCUT2D eigenvalue weighted by Crippen LogP contribution is -2.08. The molecule has 0 radical (unpaired) electrons. The first-order chi connectivity index (χ1) is 6.65. The lowest BCUT2D eigenvalue weighted by Gasteiger charge is -2.02. The van der Waals surface area contributed by atoms with Crippen molar-refractivity contribution in [3.63, 3.8) is 0 Å². The summed E-state index contributed by atoms with van der Waals surface area (Å²) < 4.78 is 0. The number of unbranched alkanes of at least 4 members (excludes halogenated alkanes) is 1. The van der Waals surface area contributed by atoms with Crippen molar-refractivity contribution in [2.45, 2.75) is 26.2 Å². The van der Waals surface area contributed by atoms with Crippen molar-refractivity contribution in [2.75, 3.05) is 5.73 Å². The summed E-state index contributed by atoms with van der Waals surface area (Å²) in [6.45, 7) is 2.06. The largest absolute Gasteiger partial charge is 0.477 e. The van der Waals surface area contributed by atoms with Gasteiger partial charge in [0.25, 0.3) is 0 Å². The molecule has 14 heavy (non-hydrogen) atoms. The first-order valence-corrected chi connectivity index (χ1v) is 4.49. The Morgan fingerprint density at radius 3 is 2.86 bits per heavy atom. The minimum absolute atomic E-state index is 0.0368. The maximum absolute atomic E-state index is 10.6. The number of hydrogen-bond donors (Lipinski definition) is 2. The molecule has 0 atom stereocenters. The van der Waals surface area contributed by atoms with E-state index in [2.05, 4.69) is 16.9 Å². The summed E-state index contributed by atoms with van der Waals surface area (Å²) >= 11 is 0. The molecule has 1 aromatic rings. The highest BCUT2D eigenvalue weighted by molar-refractivity contribution is 5.92. The van der Waals surface area contributed by atoms with E-state index in [1.165, 1.54) is 6.20 Å². The average Bonchev–Trinajstić information content (AvgIpc) is 2.14. The molecule has 5 heteroatoms. The van der Waals surface area contributed by atoms with Gasteiger partial charge >= 0.3 is 5.97 Å². The van der Waals surface area contributed by atoms with Crippen molar-refractivity contribution in [3.05, 3.63) is 17.6 Å². The average molecular weight is 195 g/mol. The number of anilines is 1. The Hall–Kier alpha value is -1.65. The number of carboxylic acid groups (broad SMARTS) is 1. The van der Waals surface area contributed by atoms with Gasteiger partial charge in [0.2, 0.25) is 0 Å². The van der Waals surface area contributed by atoms with Gasteiger partial charge in [-0.3, -0.25) is 0 Å². The topological polar surface area (TPSA) is 89.1 Å². The number of carbonyl (C=O) groups is 1. The van der Waals surface area contributed by atoms with E-state index in [0.717, 1.165) is 19.3 Å². The molecule has 0 bridgehead atoms. The number of nitrogens with two attached hydrogens (primary N) is 1. The van der Waals surface area contributed by atoms with E-state index >= 15 is 0 Å². The normalized spacial score (nSPS) is 10.1. The molecule has 0 unspecified atom stereocenters. The molecule has 1 heterocycles. The second-order valence-corrected chi connectivity index (χ2v) is 2.99. The summed E-state index contributed by atoms with van der Waals surface area (Å²) in [6.07, 6.45) is 4.02. The number of hydrogen-bond acceptors (Lipinski definition) is 4. The van der Waals surface area contributed by atoms with Crippen LogP contribution in [-0.2, 0) is 6.42 Å². The molecule has 0 spiro atoms. The second-order valence-electron chi connectivity index (χ2n) is 2.99. The zero-order chi connectivity index (χ0) is 10.6. The quantitative estimate of drug-likeness (QED) is 0.750. The highest BCUT2D eigenvalue weighted by Crippen LogP contribution is 2.08. The smallest absolute Gasteiger partial charge is 0.341 e. The van der Waals surface area contributed by atoms with Gasteiger partial charge in [0, 0.05) is 12.6 Å². The van der Waals surface area contributed by atoms with E-state index in [9.17, 15) is 4.79 Å². The maximum atomic E-state index is 10.6. The number of aromatic nitrogens is 2. The Bertz CT molecular complexity index is 339. The number of nitrogens with zero attached hydrogens (tertiary/aromatic N) is 2. The molecule has 1 rings (SSSR count). The van der Waals surface area contributed by atoms with Gasteiger partial charge in [-0.2, -0.15) is 0 Å². The van der Waals surface area contributed by atoms with Crippen LogP contribution < -0.4 is 5.73 Å². The van der Waals surface area contributed by atoms with E-state index in [1.54, 1.807) is 0 Å². The zero-order valence-corrected chi connectivity index (χ0v) is 8.03. The fourth-order valence-corrected chi connectivity index (χ4v) is 1.05. The van der Waals surface area contributed by atoms with Crippen LogP contribution in [-0.4, -0.2) is 21.0 Å². The van der Waals surface area contributed by atoms with E-state index in [-0.39, 0.29) is 11.4 Å².